The molecule has 2 rings (SSSR count). The number of hydrogen-bond donors (Lipinski definition) is 1. The number of pyridine rings is 1. The molecule has 6 nitrogen and oxygen atoms in total. The van der Waals surface area contributed by atoms with E-state index in [1.807, 2.05) is 13.8 Å². The molecule has 0 atom stereocenters. The smallest absolute Gasteiger partial charge is 0.341 e. The lowest BCUT2D eigenvalue weighted by Gasteiger charge is -2.16. The molecule has 0 fully saturated rings. The topological polar surface area (TPSA) is 77.9 Å². The van der Waals surface area contributed by atoms with Crippen LogP contribution in [0.4, 0.5) is 4.39 Å². The number of carboxylic acid groups (broad SMARTS) is 1. The molecule has 25 heavy (non-hydrogen) atoms. The van der Waals surface area contributed by atoms with Crippen LogP contribution in [0, 0.1) is 11.7 Å². The van der Waals surface area contributed by atoms with Crippen molar-refractivity contribution in [1.29, 1.82) is 0 Å². The molecule has 2 aromatic rings. The quantitative estimate of drug-likeness (QED) is 0.822. The summed E-state index contributed by atoms with van der Waals surface area (Å²) in [5, 5.41) is 9.33. The third-order valence-corrected chi connectivity index (χ3v) is 3.38. The lowest BCUT2D eigenvalue weighted by Crippen LogP contribution is -2.10. The highest BCUT2D eigenvalue weighted by atomic mass is 19.1. The maximum Gasteiger partial charge on any atom is 0.341 e. The fourth-order valence-corrected chi connectivity index (χ4v) is 2.16. The molecule has 1 N–H and O–H groups in total. The Hall–Kier alpha value is -2.83. The third-order valence-electron chi connectivity index (χ3n) is 3.38. The molecule has 0 saturated heterocycles. The van der Waals surface area contributed by atoms with Gasteiger partial charge in [0.15, 0.2) is 0 Å². The summed E-state index contributed by atoms with van der Waals surface area (Å²) in [5.41, 5.74) is 0.126. The van der Waals surface area contributed by atoms with Gasteiger partial charge in [-0.3, -0.25) is 0 Å². The maximum absolute atomic E-state index is 14.4. The molecule has 1 aromatic heterocycles. The minimum absolute atomic E-state index is 0.124. The van der Waals surface area contributed by atoms with Crippen molar-refractivity contribution >= 4 is 5.97 Å². The van der Waals surface area contributed by atoms with Crippen LogP contribution in [0.2, 0.25) is 0 Å². The molecule has 0 unspecified atom stereocenters. The maximum atomic E-state index is 14.4. The van der Waals surface area contributed by atoms with E-state index < -0.39 is 11.8 Å². The number of halogens is 1. The Morgan fingerprint density at radius 3 is 2.52 bits per heavy atom. The van der Waals surface area contributed by atoms with Gasteiger partial charge in [0.1, 0.15) is 28.6 Å². The molecule has 0 bridgehead atoms. The van der Waals surface area contributed by atoms with Crippen LogP contribution in [-0.2, 0) is 0 Å². The minimum atomic E-state index is -1.21. The first-order valence-corrected chi connectivity index (χ1v) is 7.66. The Morgan fingerprint density at radius 2 is 1.96 bits per heavy atom. The van der Waals surface area contributed by atoms with E-state index in [2.05, 4.69) is 4.98 Å². The zero-order valence-corrected chi connectivity index (χ0v) is 14.5. The van der Waals surface area contributed by atoms with Crippen molar-refractivity contribution in [3.63, 3.8) is 0 Å². The van der Waals surface area contributed by atoms with E-state index in [0.717, 1.165) is 0 Å². The van der Waals surface area contributed by atoms with Gasteiger partial charge in [-0.1, -0.05) is 13.8 Å². The van der Waals surface area contributed by atoms with Gasteiger partial charge in [-0.2, -0.15) is 0 Å². The number of nitrogens with zero attached hydrogens (tertiary/aromatic N) is 1. The number of benzene rings is 1. The van der Waals surface area contributed by atoms with Crippen molar-refractivity contribution in [2.75, 3.05) is 20.8 Å². The molecule has 134 valence electrons. The zero-order chi connectivity index (χ0) is 18.6. The summed E-state index contributed by atoms with van der Waals surface area (Å²) in [6.07, 6.45) is 0. The van der Waals surface area contributed by atoms with Crippen LogP contribution < -0.4 is 14.2 Å². The first kappa shape index (κ1) is 18.5. The number of rotatable bonds is 7. The molecule has 1 aromatic carbocycles. The average molecular weight is 349 g/mol. The number of aromatic carboxylic acids is 1. The molecule has 0 saturated carbocycles. The summed E-state index contributed by atoms with van der Waals surface area (Å²) in [6.45, 7) is 4.22. The van der Waals surface area contributed by atoms with Crippen molar-refractivity contribution in [1.82, 2.24) is 4.98 Å². The average Bonchev–Trinajstić information content (AvgIpc) is 2.59. The summed E-state index contributed by atoms with van der Waals surface area (Å²) in [7, 11) is 2.77. The fourth-order valence-electron chi connectivity index (χ4n) is 2.16. The van der Waals surface area contributed by atoms with Gasteiger partial charge < -0.3 is 19.3 Å². The van der Waals surface area contributed by atoms with E-state index in [1.54, 1.807) is 0 Å². The van der Waals surface area contributed by atoms with Crippen LogP contribution in [0.15, 0.2) is 24.3 Å². The summed E-state index contributed by atoms with van der Waals surface area (Å²) in [5.74, 6) is -1.07. The van der Waals surface area contributed by atoms with Gasteiger partial charge in [-0.05, 0) is 24.1 Å². The van der Waals surface area contributed by atoms with E-state index in [0.29, 0.717) is 12.4 Å². The largest absolute Gasteiger partial charge is 0.497 e. The van der Waals surface area contributed by atoms with Crippen molar-refractivity contribution in [3.05, 3.63) is 35.6 Å². The van der Waals surface area contributed by atoms with Gasteiger partial charge in [-0.15, -0.1) is 0 Å². The Labute approximate surface area is 145 Å². The molecule has 1 heterocycles. The SMILES string of the molecule is COc1ccc(F)c(-c2nc(OC)c(C(=O)O)cc2OCC(C)C)c1. The van der Waals surface area contributed by atoms with E-state index >= 15 is 0 Å². The van der Waals surface area contributed by atoms with Crippen LogP contribution in [0.5, 0.6) is 17.4 Å². The van der Waals surface area contributed by atoms with Gasteiger partial charge >= 0.3 is 5.97 Å². The predicted molar refractivity (Wildman–Crippen MR) is 90.0 cm³/mol. The number of methoxy groups -OCH3 is 2. The summed E-state index contributed by atoms with van der Waals surface area (Å²) in [4.78, 5) is 15.6. The minimum Gasteiger partial charge on any atom is -0.497 e. The highest BCUT2D eigenvalue weighted by Gasteiger charge is 2.22. The molecule has 0 aliphatic rings. The molecule has 0 amide bonds. The second kappa shape index (κ2) is 7.83. The second-order valence-corrected chi connectivity index (χ2v) is 5.75. The first-order valence-electron chi connectivity index (χ1n) is 7.66. The highest BCUT2D eigenvalue weighted by Crippen LogP contribution is 2.36. The second-order valence-electron chi connectivity index (χ2n) is 5.75. The van der Waals surface area contributed by atoms with Crippen LogP contribution >= 0.6 is 0 Å². The zero-order valence-electron chi connectivity index (χ0n) is 14.5. The van der Waals surface area contributed by atoms with Crippen LogP contribution in [0.3, 0.4) is 0 Å². The molecule has 0 spiro atoms. The predicted octanol–water partition coefficient (Wildman–Crippen LogP) is 3.64. The number of aromatic nitrogens is 1. The van der Waals surface area contributed by atoms with Crippen LogP contribution in [0.25, 0.3) is 11.3 Å². The van der Waals surface area contributed by atoms with Gasteiger partial charge in [0.2, 0.25) is 5.88 Å². The highest BCUT2D eigenvalue weighted by molar-refractivity contribution is 5.92. The lowest BCUT2D eigenvalue weighted by molar-refractivity contribution is 0.0692. The Morgan fingerprint density at radius 1 is 1.24 bits per heavy atom. The van der Waals surface area contributed by atoms with E-state index in [1.165, 1.54) is 38.5 Å². The summed E-state index contributed by atoms with van der Waals surface area (Å²) in [6, 6.07) is 5.50. The molecule has 0 aliphatic heterocycles. The summed E-state index contributed by atoms with van der Waals surface area (Å²) >= 11 is 0. The first-order chi connectivity index (χ1) is 11.9. The molecule has 7 heteroatoms. The fraction of sp³-hybridized carbons (Fsp3) is 0.333. The van der Waals surface area contributed by atoms with E-state index in [4.69, 9.17) is 14.2 Å². The van der Waals surface area contributed by atoms with Crippen molar-refractivity contribution in [2.24, 2.45) is 5.92 Å². The molecule has 0 radical (unpaired) electrons. The van der Waals surface area contributed by atoms with Crippen molar-refractivity contribution in [2.45, 2.75) is 13.8 Å². The van der Waals surface area contributed by atoms with Gasteiger partial charge in [0.05, 0.1) is 20.8 Å². The standard InChI is InChI=1S/C18H20FNO5/c1-10(2)9-25-15-8-13(18(21)22)17(24-4)20-16(15)12-7-11(23-3)5-6-14(12)19/h5-8,10H,9H2,1-4H3,(H,21,22). The third kappa shape index (κ3) is 4.17. The molecule has 0 aliphatic carbocycles. The molecular formula is C18H20FNO5. The van der Waals surface area contributed by atoms with Gasteiger partial charge in [0, 0.05) is 11.6 Å². The van der Waals surface area contributed by atoms with Crippen molar-refractivity contribution < 1.29 is 28.5 Å². The Bertz CT molecular complexity index is 776. The number of hydrogen-bond acceptors (Lipinski definition) is 5. The number of carbonyl (C=O) groups is 1. The number of carboxylic acids is 1. The lowest BCUT2D eigenvalue weighted by atomic mass is 10.1. The number of ether oxygens (including phenoxy) is 3. The van der Waals surface area contributed by atoms with E-state index in [-0.39, 0.29) is 34.4 Å². The Balaban J connectivity index is 2.67. The normalized spacial score (nSPS) is 10.6. The Kier molecular flexibility index (Phi) is 5.80. The monoisotopic (exact) mass is 349 g/mol. The van der Waals surface area contributed by atoms with Crippen molar-refractivity contribution in [3.8, 4) is 28.6 Å². The summed E-state index contributed by atoms with van der Waals surface area (Å²) < 4.78 is 30.2. The van der Waals surface area contributed by atoms with Gasteiger partial charge in [0.25, 0.3) is 0 Å². The van der Waals surface area contributed by atoms with Crippen LogP contribution in [-0.4, -0.2) is 36.9 Å². The van der Waals surface area contributed by atoms with Gasteiger partial charge in [-0.25, -0.2) is 14.2 Å². The molecular weight excluding hydrogens is 329 g/mol. The van der Waals surface area contributed by atoms with Crippen LogP contribution in [0.1, 0.15) is 24.2 Å². The van der Waals surface area contributed by atoms with E-state index in [9.17, 15) is 14.3 Å².